The molecular weight excluding hydrogens is 659 g/mol. The van der Waals surface area contributed by atoms with Crippen LogP contribution < -0.4 is 25.0 Å². The molecule has 0 spiro atoms. The topological polar surface area (TPSA) is 134 Å². The fourth-order valence-corrected chi connectivity index (χ4v) is 6.02. The van der Waals surface area contributed by atoms with Crippen molar-refractivity contribution < 1.29 is 23.9 Å². The Bertz CT molecular complexity index is 1760. The van der Waals surface area contributed by atoms with Crippen LogP contribution in [-0.2, 0) is 22.7 Å². The Labute approximate surface area is 288 Å². The molecule has 1 aliphatic heterocycles. The lowest BCUT2D eigenvalue weighted by Gasteiger charge is -2.34. The van der Waals surface area contributed by atoms with Crippen molar-refractivity contribution in [2.75, 3.05) is 65.4 Å². The van der Waals surface area contributed by atoms with Crippen LogP contribution >= 0.6 is 23.2 Å². The number of halogens is 2. The summed E-state index contributed by atoms with van der Waals surface area (Å²) in [6.45, 7) is 3.37. The highest BCUT2D eigenvalue weighted by molar-refractivity contribution is 6.38. The van der Waals surface area contributed by atoms with Crippen molar-refractivity contribution in [2.24, 2.45) is 0 Å². The Balaban J connectivity index is 1.19. The standard InChI is InChI=1S/C33H38Cl2N8O5/c1-36-32(46)42-17-15-41(16-18-42)14-12-28(44)38-19-29(45)40(2)25-11-10-24(34)23(30(25)35)21-48-27-9-6-8-26-31(27)39-33(47-3)43(26)20-22-7-4-5-13-37-22/h4-11,13H,12,14-21H2,1-3H3,(H,36,46)(H,38,44). The normalized spacial score (nSPS) is 13.3. The summed E-state index contributed by atoms with van der Waals surface area (Å²) in [5.41, 5.74) is 3.17. The minimum atomic E-state index is -0.353. The second-order valence-electron chi connectivity index (χ2n) is 11.1. The smallest absolute Gasteiger partial charge is 0.317 e. The largest absolute Gasteiger partial charge is 0.486 e. The Morgan fingerprint density at radius 1 is 1.02 bits per heavy atom. The number of benzene rings is 2. The van der Waals surface area contributed by atoms with Gasteiger partial charge in [-0.2, -0.15) is 4.98 Å². The number of rotatable bonds is 12. The highest BCUT2D eigenvalue weighted by Crippen LogP contribution is 2.36. The number of carbonyl (C=O) groups excluding carboxylic acids is 3. The lowest BCUT2D eigenvalue weighted by atomic mass is 10.2. The number of para-hydroxylation sites is 1. The number of imidazole rings is 1. The van der Waals surface area contributed by atoms with Gasteiger partial charge < -0.3 is 29.9 Å². The molecule has 0 atom stereocenters. The molecule has 3 heterocycles. The van der Waals surface area contributed by atoms with Crippen LogP contribution in [0.1, 0.15) is 17.7 Å². The summed E-state index contributed by atoms with van der Waals surface area (Å²) < 4.78 is 13.7. The number of piperazine rings is 1. The zero-order chi connectivity index (χ0) is 34.2. The number of fused-ring (bicyclic) bond motifs is 1. The second-order valence-corrected chi connectivity index (χ2v) is 11.9. The third kappa shape index (κ3) is 8.09. The van der Waals surface area contributed by atoms with Crippen LogP contribution in [0, 0.1) is 0 Å². The van der Waals surface area contributed by atoms with Gasteiger partial charge in [0.2, 0.25) is 11.8 Å². The highest BCUT2D eigenvalue weighted by atomic mass is 35.5. The third-order valence-corrected chi connectivity index (χ3v) is 8.95. The van der Waals surface area contributed by atoms with Crippen molar-refractivity contribution in [1.82, 2.24) is 35.0 Å². The maximum Gasteiger partial charge on any atom is 0.317 e. The minimum Gasteiger partial charge on any atom is -0.486 e. The Hall–Kier alpha value is -4.59. The van der Waals surface area contributed by atoms with Gasteiger partial charge >= 0.3 is 6.03 Å². The molecule has 0 unspecified atom stereocenters. The molecule has 13 nitrogen and oxygen atoms in total. The molecule has 0 radical (unpaired) electrons. The number of amides is 4. The van der Waals surface area contributed by atoms with E-state index in [0.717, 1.165) is 11.2 Å². The van der Waals surface area contributed by atoms with Crippen molar-refractivity contribution >= 4 is 57.8 Å². The number of nitrogens with one attached hydrogen (secondary N) is 2. The van der Waals surface area contributed by atoms with Gasteiger partial charge in [0.25, 0.3) is 6.01 Å². The van der Waals surface area contributed by atoms with Gasteiger partial charge in [0.05, 0.1) is 42.1 Å². The van der Waals surface area contributed by atoms with Crippen LogP contribution in [-0.4, -0.2) is 103 Å². The lowest BCUT2D eigenvalue weighted by Crippen LogP contribution is -2.51. The van der Waals surface area contributed by atoms with E-state index in [4.69, 9.17) is 32.7 Å². The van der Waals surface area contributed by atoms with Crippen molar-refractivity contribution in [3.8, 4) is 11.8 Å². The SMILES string of the molecule is CNC(=O)N1CCN(CCC(=O)NCC(=O)N(C)c2ccc(Cl)c(COc3cccc4c3nc(OC)n4Cc3ccccn3)c2Cl)CC1. The molecule has 4 amide bonds. The molecule has 4 aromatic rings. The summed E-state index contributed by atoms with van der Waals surface area (Å²) in [5.74, 6) is -0.0902. The summed E-state index contributed by atoms with van der Waals surface area (Å²) >= 11 is 13.3. The number of carbonyl (C=O) groups is 3. The predicted octanol–water partition coefficient (Wildman–Crippen LogP) is 3.80. The lowest BCUT2D eigenvalue weighted by molar-refractivity contribution is -0.125. The Morgan fingerprint density at radius 2 is 1.81 bits per heavy atom. The first-order valence-electron chi connectivity index (χ1n) is 15.4. The fraction of sp³-hybridized carbons (Fsp3) is 0.364. The number of pyridine rings is 1. The number of ether oxygens (including phenoxy) is 2. The molecule has 0 bridgehead atoms. The maximum atomic E-state index is 13.1. The Morgan fingerprint density at radius 3 is 2.52 bits per heavy atom. The van der Waals surface area contributed by atoms with Gasteiger partial charge in [0.1, 0.15) is 17.9 Å². The highest BCUT2D eigenvalue weighted by Gasteiger charge is 2.23. The van der Waals surface area contributed by atoms with Crippen LogP contribution in [0.5, 0.6) is 11.8 Å². The number of aromatic nitrogens is 3. The molecule has 15 heteroatoms. The van der Waals surface area contributed by atoms with Gasteiger partial charge in [-0.05, 0) is 36.4 Å². The molecule has 254 valence electrons. The van der Waals surface area contributed by atoms with E-state index >= 15 is 0 Å². The quantitative estimate of drug-likeness (QED) is 0.229. The number of nitrogens with zero attached hydrogens (tertiary/aromatic N) is 6. The van der Waals surface area contributed by atoms with Gasteiger partial charge in [-0.15, -0.1) is 0 Å². The number of methoxy groups -OCH3 is 1. The average Bonchev–Trinajstić information content (AvgIpc) is 3.47. The monoisotopic (exact) mass is 696 g/mol. The number of hydrogen-bond donors (Lipinski definition) is 2. The van der Waals surface area contributed by atoms with Crippen LogP contribution in [0.2, 0.25) is 10.0 Å². The maximum absolute atomic E-state index is 13.1. The number of anilines is 1. The van der Waals surface area contributed by atoms with Crippen LogP contribution in [0.4, 0.5) is 10.5 Å². The second kappa shape index (κ2) is 16.0. The first-order chi connectivity index (χ1) is 23.2. The number of hydrogen-bond acceptors (Lipinski definition) is 8. The zero-order valence-corrected chi connectivity index (χ0v) is 28.6. The van der Waals surface area contributed by atoms with Crippen molar-refractivity contribution in [3.63, 3.8) is 0 Å². The van der Waals surface area contributed by atoms with Crippen molar-refractivity contribution in [1.29, 1.82) is 0 Å². The summed E-state index contributed by atoms with van der Waals surface area (Å²) in [4.78, 5) is 51.7. The molecule has 2 N–H and O–H groups in total. The fourth-order valence-electron chi connectivity index (χ4n) is 5.41. The molecule has 1 aliphatic rings. The van der Waals surface area contributed by atoms with Gasteiger partial charge in [-0.1, -0.05) is 35.3 Å². The van der Waals surface area contributed by atoms with E-state index in [1.165, 1.54) is 4.90 Å². The Kier molecular flexibility index (Phi) is 11.6. The predicted molar refractivity (Wildman–Crippen MR) is 184 cm³/mol. The van der Waals surface area contributed by atoms with Crippen LogP contribution in [0.15, 0.2) is 54.7 Å². The van der Waals surface area contributed by atoms with E-state index in [-0.39, 0.29) is 42.4 Å². The van der Waals surface area contributed by atoms with Crippen LogP contribution in [0.25, 0.3) is 11.0 Å². The molecule has 2 aromatic heterocycles. The molecule has 5 rings (SSSR count). The van der Waals surface area contributed by atoms with E-state index < -0.39 is 0 Å². The molecular formula is C33H38Cl2N8O5. The minimum absolute atomic E-state index is 0.0101. The molecule has 1 saturated heterocycles. The van der Waals surface area contributed by atoms with Gasteiger partial charge in [0.15, 0.2) is 0 Å². The molecule has 0 saturated carbocycles. The summed E-state index contributed by atoms with van der Waals surface area (Å²) in [6, 6.07) is 14.9. The van der Waals surface area contributed by atoms with E-state index in [9.17, 15) is 14.4 Å². The summed E-state index contributed by atoms with van der Waals surface area (Å²) in [6.07, 6.45) is 1.97. The van der Waals surface area contributed by atoms with E-state index in [1.807, 2.05) is 34.9 Å². The molecule has 48 heavy (non-hydrogen) atoms. The third-order valence-electron chi connectivity index (χ3n) is 8.17. The zero-order valence-electron chi connectivity index (χ0n) is 27.0. The van der Waals surface area contributed by atoms with Gasteiger partial charge in [-0.3, -0.25) is 24.0 Å². The van der Waals surface area contributed by atoms with E-state index in [2.05, 4.69) is 25.5 Å². The summed E-state index contributed by atoms with van der Waals surface area (Å²) in [7, 11) is 4.75. The molecule has 1 fully saturated rings. The van der Waals surface area contributed by atoms with Crippen LogP contribution in [0.3, 0.4) is 0 Å². The summed E-state index contributed by atoms with van der Waals surface area (Å²) in [5, 5.41) is 5.95. The number of likely N-dealkylation sites (N-methyl/N-ethyl adjacent to an activating group) is 1. The molecule has 2 aromatic carbocycles. The number of urea groups is 1. The average molecular weight is 698 g/mol. The van der Waals surface area contributed by atoms with Gasteiger partial charge in [-0.25, -0.2) is 4.79 Å². The van der Waals surface area contributed by atoms with Crippen molar-refractivity contribution in [3.05, 3.63) is 76.0 Å². The van der Waals surface area contributed by atoms with E-state index in [0.29, 0.717) is 72.8 Å². The van der Waals surface area contributed by atoms with Crippen molar-refractivity contribution in [2.45, 2.75) is 19.6 Å². The first kappa shape index (κ1) is 34.7. The van der Waals surface area contributed by atoms with E-state index in [1.54, 1.807) is 50.5 Å². The molecule has 0 aliphatic carbocycles. The van der Waals surface area contributed by atoms with Gasteiger partial charge in [0, 0.05) is 70.0 Å². The first-order valence-corrected chi connectivity index (χ1v) is 16.2.